The molecule has 0 amide bonds. The maximum atomic E-state index is 7.77. The molecule has 1 unspecified atom stereocenters. The number of hydrogen-bond donors (Lipinski definition) is 0. The molecule has 1 fully saturated rings. The first-order valence-electron chi connectivity index (χ1n) is 25.0. The Morgan fingerprint density at radius 3 is 1.89 bits per heavy atom. The van der Waals surface area contributed by atoms with Crippen molar-refractivity contribution in [1.29, 1.82) is 0 Å². The highest BCUT2D eigenvalue weighted by Crippen LogP contribution is 2.56. The summed E-state index contributed by atoms with van der Waals surface area (Å²) in [5.74, 6) is 2.25. The van der Waals surface area contributed by atoms with Gasteiger partial charge in [-0.1, -0.05) is 147 Å². The van der Waals surface area contributed by atoms with Gasteiger partial charge in [-0.05, 0) is 160 Å². The van der Waals surface area contributed by atoms with Crippen molar-refractivity contribution in [3.63, 3.8) is 0 Å². The van der Waals surface area contributed by atoms with E-state index in [1.165, 1.54) is 129 Å². The largest absolute Gasteiger partial charge is 0.472 e. The minimum Gasteiger partial charge on any atom is -0.472 e. The van der Waals surface area contributed by atoms with Crippen molar-refractivity contribution in [3.8, 4) is 0 Å². The van der Waals surface area contributed by atoms with Crippen LogP contribution < -0.4 is 26.4 Å². The normalized spacial score (nSPS) is 23.1. The molecule has 4 aromatic rings. The van der Waals surface area contributed by atoms with Gasteiger partial charge in [0.05, 0.1) is 11.3 Å². The third-order valence-corrected chi connectivity index (χ3v) is 17.4. The fraction of sp³-hybridized carbons (Fsp3) is 0.559. The van der Waals surface area contributed by atoms with Gasteiger partial charge in [0.1, 0.15) is 5.76 Å². The monoisotopic (exact) mass is 841 g/mol. The molecule has 0 spiro atoms. The van der Waals surface area contributed by atoms with Gasteiger partial charge in [0.2, 0.25) is 0 Å². The fourth-order valence-corrected chi connectivity index (χ4v) is 12.8. The number of rotatable bonds is 3. The van der Waals surface area contributed by atoms with Crippen molar-refractivity contribution in [2.24, 2.45) is 11.3 Å². The van der Waals surface area contributed by atoms with Crippen LogP contribution in [0.2, 0.25) is 0 Å². The lowest BCUT2D eigenvalue weighted by atomic mass is 9.35. The van der Waals surface area contributed by atoms with E-state index >= 15 is 0 Å². The first-order chi connectivity index (χ1) is 29.4. The molecule has 3 nitrogen and oxygen atoms in total. The molecule has 10 rings (SSSR count). The quantitative estimate of drug-likeness (QED) is 0.169. The molecule has 4 heteroatoms. The Kier molecular flexibility index (Phi) is 9.59. The molecule has 0 N–H and O–H groups in total. The van der Waals surface area contributed by atoms with Gasteiger partial charge in [-0.25, -0.2) is 0 Å². The van der Waals surface area contributed by atoms with Crippen molar-refractivity contribution in [2.75, 3.05) is 9.80 Å². The molecule has 0 radical (unpaired) electrons. The highest BCUT2D eigenvalue weighted by atomic mass is 16.3. The number of hydrogen-bond acceptors (Lipinski definition) is 3. The second kappa shape index (κ2) is 14.0. The molecular weight excluding hydrogens is 763 g/mol. The summed E-state index contributed by atoms with van der Waals surface area (Å²) >= 11 is 0. The molecule has 3 aromatic carbocycles. The topological polar surface area (TPSA) is 19.6 Å². The van der Waals surface area contributed by atoms with Crippen LogP contribution in [0.5, 0.6) is 0 Å². The van der Waals surface area contributed by atoms with Crippen molar-refractivity contribution < 1.29 is 4.42 Å². The molecule has 6 aliphatic rings. The van der Waals surface area contributed by atoms with Gasteiger partial charge in [-0.2, -0.15) is 0 Å². The van der Waals surface area contributed by atoms with E-state index < -0.39 is 0 Å². The lowest BCUT2D eigenvalue weighted by Gasteiger charge is -2.47. The number of benzene rings is 3. The lowest BCUT2D eigenvalue weighted by Crippen LogP contribution is -2.62. The molecule has 4 aliphatic carbocycles. The van der Waals surface area contributed by atoms with E-state index in [9.17, 15) is 0 Å². The summed E-state index contributed by atoms with van der Waals surface area (Å²) < 4.78 is 7.77. The molecule has 332 valence electrons. The van der Waals surface area contributed by atoms with Crippen molar-refractivity contribution in [3.05, 3.63) is 106 Å². The van der Waals surface area contributed by atoms with Crippen LogP contribution >= 0.6 is 0 Å². The molecule has 1 saturated carbocycles. The predicted molar refractivity (Wildman–Crippen MR) is 271 cm³/mol. The van der Waals surface area contributed by atoms with E-state index in [4.69, 9.17) is 4.42 Å². The highest BCUT2D eigenvalue weighted by molar-refractivity contribution is 6.99. The lowest BCUT2D eigenvalue weighted by molar-refractivity contribution is 0.282. The van der Waals surface area contributed by atoms with Crippen LogP contribution in [0.15, 0.2) is 70.8 Å². The average Bonchev–Trinajstić information content (AvgIpc) is 3.64. The van der Waals surface area contributed by atoms with Gasteiger partial charge in [-0.3, -0.25) is 0 Å². The maximum Gasteiger partial charge on any atom is 0.297 e. The number of fused-ring (bicyclic) bond motifs is 7. The van der Waals surface area contributed by atoms with Gasteiger partial charge >= 0.3 is 0 Å². The molecule has 0 saturated heterocycles. The molecule has 63 heavy (non-hydrogen) atoms. The van der Waals surface area contributed by atoms with Crippen LogP contribution in [0, 0.1) is 18.3 Å². The third kappa shape index (κ3) is 6.70. The predicted octanol–water partition coefficient (Wildman–Crippen LogP) is 14.9. The summed E-state index contributed by atoms with van der Waals surface area (Å²) in [6, 6.07) is 18.0. The second-order valence-corrected chi connectivity index (χ2v) is 25.9. The summed E-state index contributed by atoms with van der Waals surface area (Å²) in [4.78, 5) is 5.47. The Morgan fingerprint density at radius 2 is 1.29 bits per heavy atom. The van der Waals surface area contributed by atoms with E-state index in [1.54, 1.807) is 0 Å². The summed E-state index contributed by atoms with van der Waals surface area (Å²) in [7, 11) is 0. The van der Waals surface area contributed by atoms with Gasteiger partial charge in [0.15, 0.2) is 0 Å². The van der Waals surface area contributed by atoms with Crippen LogP contribution in [0.1, 0.15) is 206 Å². The van der Waals surface area contributed by atoms with Gasteiger partial charge in [0.25, 0.3) is 6.71 Å². The Bertz CT molecular complexity index is 2590. The first-order valence-corrected chi connectivity index (χ1v) is 25.0. The van der Waals surface area contributed by atoms with Crippen LogP contribution in [0.3, 0.4) is 0 Å². The second-order valence-electron chi connectivity index (χ2n) is 25.9. The number of aryl methyl sites for hydroxylation is 1. The zero-order valence-corrected chi connectivity index (χ0v) is 41.9. The molecule has 1 aromatic heterocycles. The van der Waals surface area contributed by atoms with E-state index in [-0.39, 0.29) is 39.2 Å². The minimum atomic E-state index is -0.0679. The van der Waals surface area contributed by atoms with E-state index in [0.29, 0.717) is 11.8 Å². The van der Waals surface area contributed by atoms with Gasteiger partial charge < -0.3 is 14.2 Å². The van der Waals surface area contributed by atoms with Crippen molar-refractivity contribution >= 4 is 51.7 Å². The van der Waals surface area contributed by atoms with Crippen LogP contribution in [0.25, 0.3) is 0 Å². The smallest absolute Gasteiger partial charge is 0.297 e. The van der Waals surface area contributed by atoms with Crippen molar-refractivity contribution in [2.45, 2.75) is 201 Å². The van der Waals surface area contributed by atoms with E-state index in [2.05, 4.69) is 174 Å². The number of anilines is 5. The highest BCUT2D eigenvalue weighted by Gasteiger charge is 2.53. The Morgan fingerprint density at radius 1 is 0.667 bits per heavy atom. The zero-order chi connectivity index (χ0) is 45.0. The Balaban J connectivity index is 1.35. The fourth-order valence-electron chi connectivity index (χ4n) is 12.8. The Labute approximate surface area is 382 Å². The van der Waals surface area contributed by atoms with E-state index in [0.717, 1.165) is 24.9 Å². The van der Waals surface area contributed by atoms with Crippen molar-refractivity contribution in [1.82, 2.24) is 0 Å². The number of allylic oxidation sites excluding steroid dienone is 3. The van der Waals surface area contributed by atoms with Gasteiger partial charge in [0, 0.05) is 39.4 Å². The summed E-state index contributed by atoms with van der Waals surface area (Å²) in [5, 5.41) is 0. The SMILES string of the molecule is Cc1cc(C(C)(C)C)ccc1N1c2cc3c(cc2B2c4oc5c(c4N(C4=CCC(C(C)(C)C)C=C4)c4cc(C6CCCCC6)cc1c42)C(C)(C)CCC5(C)C)C(C)(C)CCC3(C)C. The summed E-state index contributed by atoms with van der Waals surface area (Å²) in [6.45, 7) is 36.4. The standard InChI is InChI=1S/C59H77BN2O/c1-36-31-40(55(5,6)7)23-26-45(36)62-46-35-43-42(56(8,9)27-28-57(43,10)11)34-44(46)60-50-47(32-38(33-48(50)62)37-19-17-16-18-20-37)61(41-24-21-39(22-25-41)54(2,3)4)51-49-52(63-53(51)60)59(14,15)30-29-58(49,12)13/h21,23-26,31-35,37,39H,16-20,22,27-30H2,1-15H3. The molecule has 2 aliphatic heterocycles. The first kappa shape index (κ1) is 43.0. The molecule has 1 atom stereocenters. The van der Waals surface area contributed by atoms with Crippen LogP contribution in [0.4, 0.5) is 28.4 Å². The molecule has 0 bridgehead atoms. The van der Waals surface area contributed by atoms with E-state index in [1.807, 2.05) is 0 Å². The Hall–Kier alpha value is -3.92. The van der Waals surface area contributed by atoms with Crippen LogP contribution in [-0.4, -0.2) is 6.71 Å². The summed E-state index contributed by atoms with van der Waals surface area (Å²) in [6.07, 6.45) is 19.7. The minimum absolute atomic E-state index is 0.0270. The van der Waals surface area contributed by atoms with Gasteiger partial charge in [-0.15, -0.1) is 0 Å². The number of nitrogens with zero attached hydrogens (tertiary/aromatic N) is 2. The average molecular weight is 841 g/mol. The maximum absolute atomic E-state index is 7.77. The molecular formula is C59H77BN2O. The zero-order valence-electron chi connectivity index (χ0n) is 41.9. The third-order valence-electron chi connectivity index (χ3n) is 17.4. The molecule has 3 heterocycles. The summed E-state index contributed by atoms with van der Waals surface area (Å²) in [5.41, 5.74) is 21.0. The van der Waals surface area contributed by atoms with Crippen LogP contribution in [-0.2, 0) is 27.1 Å². The number of furan rings is 1.